The lowest BCUT2D eigenvalue weighted by Gasteiger charge is -2.33. The van der Waals surface area contributed by atoms with Crippen LogP contribution in [-0.4, -0.2) is 51.9 Å². The highest BCUT2D eigenvalue weighted by Gasteiger charge is 2.33. The molecule has 0 aliphatic rings. The van der Waals surface area contributed by atoms with E-state index in [0.29, 0.717) is 17.9 Å². The SMILES string of the molecule is CCC(C(=O)NC)N(Cc1cccc(OC)c1)C(=O)CN(c1ccccc1)S(=O)(=O)c1ccc(C)cc1. The van der Waals surface area contributed by atoms with E-state index in [0.717, 1.165) is 15.4 Å². The number of likely N-dealkylation sites (N-methyl/N-ethyl adjacent to an activating group) is 1. The van der Waals surface area contributed by atoms with Gasteiger partial charge in [-0.05, 0) is 55.3 Å². The normalized spacial score (nSPS) is 11.9. The summed E-state index contributed by atoms with van der Waals surface area (Å²) in [5.74, 6) is -0.213. The van der Waals surface area contributed by atoms with Crippen molar-refractivity contribution >= 4 is 27.5 Å². The highest BCUT2D eigenvalue weighted by molar-refractivity contribution is 7.92. The van der Waals surface area contributed by atoms with E-state index >= 15 is 0 Å². The van der Waals surface area contributed by atoms with E-state index in [1.807, 2.05) is 19.9 Å². The highest BCUT2D eigenvalue weighted by atomic mass is 32.2. The van der Waals surface area contributed by atoms with Gasteiger partial charge >= 0.3 is 0 Å². The fraction of sp³-hybridized carbons (Fsp3) is 0.286. The lowest BCUT2D eigenvalue weighted by Crippen LogP contribution is -2.51. The van der Waals surface area contributed by atoms with Crippen molar-refractivity contribution in [2.75, 3.05) is 25.0 Å². The van der Waals surface area contributed by atoms with E-state index in [1.54, 1.807) is 67.8 Å². The predicted octanol–water partition coefficient (Wildman–Crippen LogP) is 3.75. The number of nitrogens with zero attached hydrogens (tertiary/aromatic N) is 2. The van der Waals surface area contributed by atoms with Gasteiger partial charge in [0.15, 0.2) is 0 Å². The third kappa shape index (κ3) is 6.68. The minimum absolute atomic E-state index is 0.0763. The molecular formula is C28H33N3O5S. The Morgan fingerprint density at radius 3 is 2.24 bits per heavy atom. The number of rotatable bonds is 11. The van der Waals surface area contributed by atoms with Crippen LogP contribution in [0.1, 0.15) is 24.5 Å². The molecule has 0 radical (unpaired) electrons. The van der Waals surface area contributed by atoms with Crippen LogP contribution in [0.2, 0.25) is 0 Å². The van der Waals surface area contributed by atoms with Gasteiger partial charge in [0.1, 0.15) is 18.3 Å². The Bertz CT molecular complexity index is 1310. The number of hydrogen-bond donors (Lipinski definition) is 1. The quantitative estimate of drug-likeness (QED) is 0.413. The van der Waals surface area contributed by atoms with Crippen LogP contribution >= 0.6 is 0 Å². The van der Waals surface area contributed by atoms with Crippen LogP contribution in [-0.2, 0) is 26.2 Å². The molecule has 196 valence electrons. The second kappa shape index (κ2) is 12.4. The summed E-state index contributed by atoms with van der Waals surface area (Å²) in [6, 6.07) is 21.4. The number of nitrogens with one attached hydrogen (secondary N) is 1. The summed E-state index contributed by atoms with van der Waals surface area (Å²) in [6.07, 6.45) is 0.353. The fourth-order valence-corrected chi connectivity index (χ4v) is 5.43. The van der Waals surface area contributed by atoms with Crippen molar-refractivity contribution in [2.24, 2.45) is 0 Å². The van der Waals surface area contributed by atoms with Crippen LogP contribution in [0.15, 0.2) is 83.8 Å². The number of carbonyl (C=O) groups is 2. The summed E-state index contributed by atoms with van der Waals surface area (Å²) in [7, 11) is -1.01. The minimum Gasteiger partial charge on any atom is -0.497 e. The summed E-state index contributed by atoms with van der Waals surface area (Å²) < 4.78 is 33.9. The maximum absolute atomic E-state index is 13.8. The Hall–Kier alpha value is -3.85. The number of benzene rings is 3. The molecule has 3 aromatic carbocycles. The summed E-state index contributed by atoms with van der Waals surface area (Å²) in [4.78, 5) is 28.1. The van der Waals surface area contributed by atoms with Crippen molar-refractivity contribution in [2.45, 2.75) is 37.8 Å². The number of carbonyl (C=O) groups excluding carboxylic acids is 2. The van der Waals surface area contributed by atoms with Crippen LogP contribution in [0.25, 0.3) is 0 Å². The Morgan fingerprint density at radius 2 is 1.65 bits per heavy atom. The molecule has 0 heterocycles. The molecule has 0 aliphatic heterocycles. The van der Waals surface area contributed by atoms with Crippen molar-refractivity contribution in [3.63, 3.8) is 0 Å². The van der Waals surface area contributed by atoms with Gasteiger partial charge in [-0.1, -0.05) is 55.0 Å². The summed E-state index contributed by atoms with van der Waals surface area (Å²) in [5, 5.41) is 2.62. The fourth-order valence-electron chi connectivity index (χ4n) is 4.01. The number of aryl methyl sites for hydroxylation is 1. The molecular weight excluding hydrogens is 490 g/mol. The molecule has 1 atom stereocenters. The number of methoxy groups -OCH3 is 1. The molecule has 1 unspecified atom stereocenters. The van der Waals surface area contributed by atoms with E-state index in [2.05, 4.69) is 5.32 Å². The third-order valence-electron chi connectivity index (χ3n) is 6.05. The van der Waals surface area contributed by atoms with Crippen LogP contribution in [0, 0.1) is 6.92 Å². The molecule has 0 saturated heterocycles. The van der Waals surface area contributed by atoms with Crippen molar-refractivity contribution in [1.29, 1.82) is 0 Å². The first-order chi connectivity index (χ1) is 17.7. The van der Waals surface area contributed by atoms with Crippen LogP contribution in [0.4, 0.5) is 5.69 Å². The summed E-state index contributed by atoms with van der Waals surface area (Å²) in [6.45, 7) is 3.31. The number of hydrogen-bond acceptors (Lipinski definition) is 5. The second-order valence-corrected chi connectivity index (χ2v) is 10.4. The van der Waals surface area contributed by atoms with Crippen molar-refractivity contribution in [3.8, 4) is 5.75 Å². The monoisotopic (exact) mass is 523 g/mol. The van der Waals surface area contributed by atoms with Gasteiger partial charge in [0.2, 0.25) is 11.8 Å². The zero-order valence-corrected chi connectivity index (χ0v) is 22.4. The molecule has 0 aromatic heterocycles. The van der Waals surface area contributed by atoms with Crippen LogP contribution < -0.4 is 14.4 Å². The summed E-state index contributed by atoms with van der Waals surface area (Å²) in [5.41, 5.74) is 2.02. The van der Waals surface area contributed by atoms with E-state index in [4.69, 9.17) is 4.74 Å². The summed E-state index contributed by atoms with van der Waals surface area (Å²) >= 11 is 0. The Morgan fingerprint density at radius 1 is 0.973 bits per heavy atom. The molecule has 3 aromatic rings. The van der Waals surface area contributed by atoms with E-state index in [9.17, 15) is 18.0 Å². The number of sulfonamides is 1. The molecule has 0 bridgehead atoms. The Kier molecular flexibility index (Phi) is 9.30. The maximum Gasteiger partial charge on any atom is 0.264 e. The molecule has 0 fully saturated rings. The lowest BCUT2D eigenvalue weighted by molar-refractivity contribution is -0.140. The Balaban J connectivity index is 2.03. The molecule has 0 aliphatic carbocycles. The number of ether oxygens (including phenoxy) is 1. The number of para-hydroxylation sites is 1. The van der Waals surface area contributed by atoms with Crippen molar-refractivity contribution in [1.82, 2.24) is 10.2 Å². The topological polar surface area (TPSA) is 96.0 Å². The average molecular weight is 524 g/mol. The molecule has 1 N–H and O–H groups in total. The average Bonchev–Trinajstić information content (AvgIpc) is 2.92. The number of amides is 2. The van der Waals surface area contributed by atoms with Gasteiger partial charge in [-0.25, -0.2) is 8.42 Å². The van der Waals surface area contributed by atoms with Gasteiger partial charge in [0.25, 0.3) is 10.0 Å². The van der Waals surface area contributed by atoms with Gasteiger partial charge < -0.3 is 15.0 Å². The standard InChI is InChI=1S/C28H33N3O5S/c1-5-26(28(33)29-3)30(19-22-10-9-13-24(18-22)36-4)27(32)20-31(23-11-7-6-8-12-23)37(34,35)25-16-14-21(2)15-17-25/h6-18,26H,5,19-20H2,1-4H3,(H,29,33). The van der Waals surface area contributed by atoms with Crippen LogP contribution in [0.5, 0.6) is 5.75 Å². The largest absolute Gasteiger partial charge is 0.497 e. The molecule has 3 rings (SSSR count). The third-order valence-corrected chi connectivity index (χ3v) is 7.84. The van der Waals surface area contributed by atoms with Gasteiger partial charge in [-0.2, -0.15) is 0 Å². The lowest BCUT2D eigenvalue weighted by atomic mass is 10.1. The van der Waals surface area contributed by atoms with Crippen molar-refractivity contribution in [3.05, 3.63) is 90.0 Å². The van der Waals surface area contributed by atoms with E-state index in [1.165, 1.54) is 24.1 Å². The molecule has 9 heteroatoms. The van der Waals surface area contributed by atoms with Gasteiger partial charge in [0, 0.05) is 13.6 Å². The molecule has 37 heavy (non-hydrogen) atoms. The van der Waals surface area contributed by atoms with Crippen LogP contribution in [0.3, 0.4) is 0 Å². The Labute approximate surface area is 218 Å². The first kappa shape index (κ1) is 27.7. The predicted molar refractivity (Wildman–Crippen MR) is 144 cm³/mol. The molecule has 2 amide bonds. The smallest absolute Gasteiger partial charge is 0.264 e. The zero-order chi connectivity index (χ0) is 27.0. The first-order valence-electron chi connectivity index (χ1n) is 12.0. The number of anilines is 1. The van der Waals surface area contributed by atoms with Gasteiger partial charge in [0.05, 0.1) is 17.7 Å². The maximum atomic E-state index is 13.8. The molecule has 0 saturated carbocycles. The highest BCUT2D eigenvalue weighted by Crippen LogP contribution is 2.25. The first-order valence-corrected chi connectivity index (χ1v) is 13.4. The van der Waals surface area contributed by atoms with E-state index < -0.39 is 28.5 Å². The van der Waals surface area contributed by atoms with Gasteiger partial charge in [-0.3, -0.25) is 13.9 Å². The van der Waals surface area contributed by atoms with E-state index in [-0.39, 0.29) is 17.3 Å². The molecule has 8 nitrogen and oxygen atoms in total. The minimum atomic E-state index is -4.08. The second-order valence-electron chi connectivity index (χ2n) is 8.57. The van der Waals surface area contributed by atoms with Gasteiger partial charge in [-0.15, -0.1) is 0 Å². The van der Waals surface area contributed by atoms with Crippen molar-refractivity contribution < 1.29 is 22.7 Å². The zero-order valence-electron chi connectivity index (χ0n) is 21.5. The molecule has 0 spiro atoms.